The van der Waals surface area contributed by atoms with E-state index in [9.17, 15) is 0 Å². The Morgan fingerprint density at radius 3 is 2.44 bits per heavy atom. The molecule has 2 aromatic heterocycles. The van der Waals surface area contributed by atoms with E-state index in [1.165, 1.54) is 0 Å². The third kappa shape index (κ3) is 1.78. The summed E-state index contributed by atoms with van der Waals surface area (Å²) in [4.78, 5) is 8.59. The summed E-state index contributed by atoms with van der Waals surface area (Å²) in [7, 11) is 0. The molecule has 0 amide bonds. The summed E-state index contributed by atoms with van der Waals surface area (Å²) in [5.41, 5.74) is 14.1. The molecule has 0 aromatic carbocycles. The zero-order chi connectivity index (χ0) is 11.9. The van der Waals surface area contributed by atoms with Crippen LogP contribution in [-0.2, 0) is 5.41 Å². The molecule has 4 heteroatoms. The first-order valence-corrected chi connectivity index (χ1v) is 5.20. The molecule has 0 unspecified atom stereocenters. The average Bonchev–Trinajstić information content (AvgIpc) is 2.15. The normalized spacial score (nSPS) is 11.9. The van der Waals surface area contributed by atoms with E-state index in [0.29, 0.717) is 11.5 Å². The van der Waals surface area contributed by atoms with Crippen molar-refractivity contribution in [2.24, 2.45) is 0 Å². The third-order valence-corrected chi connectivity index (χ3v) is 2.52. The predicted molar refractivity (Wildman–Crippen MR) is 67.1 cm³/mol. The van der Waals surface area contributed by atoms with E-state index in [4.69, 9.17) is 11.5 Å². The third-order valence-electron chi connectivity index (χ3n) is 2.52. The number of hydrogen-bond acceptors (Lipinski definition) is 4. The second-order valence-electron chi connectivity index (χ2n) is 4.97. The highest BCUT2D eigenvalue weighted by molar-refractivity contribution is 5.90. The molecule has 16 heavy (non-hydrogen) atoms. The average molecular weight is 216 g/mol. The molecule has 0 bridgehead atoms. The van der Waals surface area contributed by atoms with Gasteiger partial charge in [0.05, 0.1) is 5.52 Å². The maximum Gasteiger partial charge on any atom is 0.125 e. The number of nitrogen functional groups attached to an aromatic ring is 2. The van der Waals surface area contributed by atoms with Crippen molar-refractivity contribution in [3.63, 3.8) is 0 Å². The Morgan fingerprint density at radius 1 is 1.12 bits per heavy atom. The van der Waals surface area contributed by atoms with Gasteiger partial charge in [-0.2, -0.15) is 0 Å². The molecule has 0 saturated heterocycles. The summed E-state index contributed by atoms with van der Waals surface area (Å²) in [6.07, 6.45) is 1.67. The van der Waals surface area contributed by atoms with Gasteiger partial charge in [-0.15, -0.1) is 0 Å². The second kappa shape index (κ2) is 3.33. The van der Waals surface area contributed by atoms with Crippen molar-refractivity contribution in [2.45, 2.75) is 26.2 Å². The number of pyridine rings is 2. The van der Waals surface area contributed by atoms with Crippen LogP contribution in [0.2, 0.25) is 0 Å². The van der Waals surface area contributed by atoms with Crippen molar-refractivity contribution in [3.8, 4) is 0 Å². The van der Waals surface area contributed by atoms with Gasteiger partial charge in [-0.1, -0.05) is 20.8 Å². The molecule has 0 atom stereocenters. The molecule has 84 valence electrons. The summed E-state index contributed by atoms with van der Waals surface area (Å²) in [5.74, 6) is 0.463. The molecule has 2 aromatic rings. The zero-order valence-corrected chi connectivity index (χ0v) is 9.78. The number of fused-ring (bicyclic) bond motifs is 1. The lowest BCUT2D eigenvalue weighted by Gasteiger charge is -2.19. The van der Waals surface area contributed by atoms with Crippen LogP contribution in [0, 0.1) is 0 Å². The molecule has 0 aliphatic heterocycles. The summed E-state index contributed by atoms with van der Waals surface area (Å²) >= 11 is 0. The van der Waals surface area contributed by atoms with Crippen molar-refractivity contribution in [2.75, 3.05) is 11.5 Å². The van der Waals surface area contributed by atoms with E-state index in [2.05, 4.69) is 30.7 Å². The van der Waals surface area contributed by atoms with Gasteiger partial charge in [-0.05, 0) is 6.07 Å². The molecule has 0 saturated carbocycles. The number of nitrogens with zero attached hydrogens (tertiary/aromatic N) is 2. The fraction of sp³-hybridized carbons (Fsp3) is 0.333. The molecular formula is C12H16N4. The maximum atomic E-state index is 5.98. The van der Waals surface area contributed by atoms with Crippen LogP contribution in [0.4, 0.5) is 11.5 Å². The first-order valence-electron chi connectivity index (χ1n) is 5.20. The Kier molecular flexibility index (Phi) is 2.22. The first kappa shape index (κ1) is 10.7. The lowest BCUT2D eigenvalue weighted by Crippen LogP contribution is -2.14. The maximum absolute atomic E-state index is 5.98. The quantitative estimate of drug-likeness (QED) is 0.706. The van der Waals surface area contributed by atoms with Gasteiger partial charge in [0.15, 0.2) is 0 Å². The molecule has 0 aliphatic rings. The summed E-state index contributed by atoms with van der Waals surface area (Å²) in [6, 6.07) is 3.65. The van der Waals surface area contributed by atoms with Crippen LogP contribution in [0.25, 0.3) is 10.9 Å². The molecule has 0 spiro atoms. The van der Waals surface area contributed by atoms with Crippen LogP contribution in [0.5, 0.6) is 0 Å². The Morgan fingerprint density at radius 2 is 1.81 bits per heavy atom. The SMILES string of the molecule is CC(C)(C)c1cc(N)c2cnc(N)cc2n1. The lowest BCUT2D eigenvalue weighted by atomic mass is 9.91. The largest absolute Gasteiger partial charge is 0.398 e. The van der Waals surface area contributed by atoms with E-state index >= 15 is 0 Å². The van der Waals surface area contributed by atoms with Gasteiger partial charge in [-0.25, -0.2) is 4.98 Å². The predicted octanol–water partition coefficient (Wildman–Crippen LogP) is 2.09. The molecular weight excluding hydrogens is 200 g/mol. The van der Waals surface area contributed by atoms with Crippen molar-refractivity contribution < 1.29 is 0 Å². The molecule has 0 radical (unpaired) electrons. The summed E-state index contributed by atoms with van der Waals surface area (Å²) < 4.78 is 0. The molecule has 4 N–H and O–H groups in total. The van der Waals surface area contributed by atoms with E-state index < -0.39 is 0 Å². The van der Waals surface area contributed by atoms with Crippen molar-refractivity contribution in [3.05, 3.63) is 24.0 Å². The van der Waals surface area contributed by atoms with Crippen LogP contribution in [-0.4, -0.2) is 9.97 Å². The smallest absolute Gasteiger partial charge is 0.125 e. The van der Waals surface area contributed by atoms with Crippen molar-refractivity contribution in [1.82, 2.24) is 9.97 Å². The standard InChI is InChI=1S/C12H16N4/c1-12(2,3)10-4-8(13)7-6-15-11(14)5-9(7)16-10/h4-6H,1-3H3,(H2,13,16)(H2,14,15). The fourth-order valence-corrected chi connectivity index (χ4v) is 1.55. The molecule has 0 fully saturated rings. The molecule has 0 aliphatic carbocycles. The molecule has 4 nitrogen and oxygen atoms in total. The van der Waals surface area contributed by atoms with Crippen LogP contribution < -0.4 is 11.5 Å². The van der Waals surface area contributed by atoms with Gasteiger partial charge in [0.25, 0.3) is 0 Å². The van der Waals surface area contributed by atoms with Crippen molar-refractivity contribution in [1.29, 1.82) is 0 Å². The number of anilines is 2. The minimum Gasteiger partial charge on any atom is -0.398 e. The summed E-state index contributed by atoms with van der Waals surface area (Å²) in [6.45, 7) is 6.31. The second-order valence-corrected chi connectivity index (χ2v) is 4.97. The first-order chi connectivity index (χ1) is 7.38. The van der Waals surface area contributed by atoms with Gasteiger partial charge in [0.2, 0.25) is 0 Å². The minimum absolute atomic E-state index is 0.0274. The Bertz CT molecular complexity index is 540. The van der Waals surface area contributed by atoms with E-state index in [-0.39, 0.29) is 5.41 Å². The summed E-state index contributed by atoms with van der Waals surface area (Å²) in [5, 5.41) is 0.849. The number of rotatable bonds is 0. The van der Waals surface area contributed by atoms with E-state index in [1.54, 1.807) is 12.3 Å². The topological polar surface area (TPSA) is 77.8 Å². The number of hydrogen-bond donors (Lipinski definition) is 2. The van der Waals surface area contributed by atoms with Crippen LogP contribution in [0.15, 0.2) is 18.3 Å². The van der Waals surface area contributed by atoms with Gasteiger partial charge < -0.3 is 11.5 Å². The number of aromatic nitrogens is 2. The highest BCUT2D eigenvalue weighted by Gasteiger charge is 2.17. The Hall–Kier alpha value is -1.84. The van der Waals surface area contributed by atoms with Crippen LogP contribution in [0.1, 0.15) is 26.5 Å². The lowest BCUT2D eigenvalue weighted by molar-refractivity contribution is 0.572. The Balaban J connectivity index is 2.75. The highest BCUT2D eigenvalue weighted by Crippen LogP contribution is 2.27. The zero-order valence-electron chi connectivity index (χ0n) is 9.78. The van der Waals surface area contributed by atoms with E-state index in [1.807, 2.05) is 6.07 Å². The molecule has 2 rings (SSSR count). The minimum atomic E-state index is -0.0274. The van der Waals surface area contributed by atoms with Crippen LogP contribution in [0.3, 0.4) is 0 Å². The van der Waals surface area contributed by atoms with Crippen LogP contribution >= 0.6 is 0 Å². The fourth-order valence-electron chi connectivity index (χ4n) is 1.55. The highest BCUT2D eigenvalue weighted by atomic mass is 14.8. The Labute approximate surface area is 94.7 Å². The molecule has 2 heterocycles. The van der Waals surface area contributed by atoms with Gasteiger partial charge in [0, 0.05) is 34.4 Å². The number of nitrogens with two attached hydrogens (primary N) is 2. The van der Waals surface area contributed by atoms with Gasteiger partial charge in [-0.3, -0.25) is 4.98 Å². The monoisotopic (exact) mass is 216 g/mol. The van der Waals surface area contributed by atoms with Gasteiger partial charge >= 0.3 is 0 Å². The van der Waals surface area contributed by atoms with E-state index in [0.717, 1.165) is 16.6 Å². The van der Waals surface area contributed by atoms with Crippen molar-refractivity contribution >= 4 is 22.4 Å². The van der Waals surface area contributed by atoms with Gasteiger partial charge in [0.1, 0.15) is 5.82 Å².